The van der Waals surface area contributed by atoms with E-state index in [0.717, 1.165) is 12.0 Å². The van der Waals surface area contributed by atoms with Gasteiger partial charge in [0.1, 0.15) is 0 Å². The summed E-state index contributed by atoms with van der Waals surface area (Å²) in [5.74, 6) is 0.630. The zero-order valence-corrected chi connectivity index (χ0v) is 8.90. The van der Waals surface area contributed by atoms with Crippen LogP contribution in [0.3, 0.4) is 0 Å². The average Bonchev–Trinajstić information content (AvgIpc) is 2.12. The van der Waals surface area contributed by atoms with Crippen LogP contribution in [0.5, 0.6) is 5.75 Å². The molecule has 1 aliphatic heterocycles. The van der Waals surface area contributed by atoms with E-state index >= 15 is 0 Å². The first-order valence-corrected chi connectivity index (χ1v) is 5.07. The minimum Gasteiger partial charge on any atom is -0.490 e. The molecule has 1 unspecified atom stereocenters. The average molecular weight is 245 g/mol. The van der Waals surface area contributed by atoms with Gasteiger partial charge in [-0.15, -0.1) is 0 Å². The predicted octanol–water partition coefficient (Wildman–Crippen LogP) is 3.16. The molecule has 13 heavy (non-hydrogen) atoms. The Kier molecular flexibility index (Phi) is 2.28. The maximum atomic E-state index is 13.4. The van der Waals surface area contributed by atoms with E-state index in [1.165, 1.54) is 0 Å². The Bertz CT molecular complexity index is 338. The summed E-state index contributed by atoms with van der Waals surface area (Å²) in [6.45, 7) is 2.71. The van der Waals surface area contributed by atoms with Crippen molar-refractivity contribution < 1.29 is 9.13 Å². The molecule has 0 aliphatic carbocycles. The molecule has 1 atom stereocenters. The molecule has 1 aliphatic rings. The van der Waals surface area contributed by atoms with Crippen molar-refractivity contribution in [2.75, 3.05) is 6.61 Å². The standard InChI is InChI=1S/C10H10BrFO/c1-6-4-7-2-3-8(11)9(12)10(7)13-5-6/h2-3,6H,4-5H2,1H3. The van der Waals surface area contributed by atoms with Crippen LogP contribution in [0.4, 0.5) is 4.39 Å². The third-order valence-corrected chi connectivity index (χ3v) is 2.82. The summed E-state index contributed by atoms with van der Waals surface area (Å²) in [4.78, 5) is 0. The van der Waals surface area contributed by atoms with Gasteiger partial charge < -0.3 is 4.74 Å². The number of ether oxygens (including phenoxy) is 1. The number of rotatable bonds is 0. The molecule has 3 heteroatoms. The largest absolute Gasteiger partial charge is 0.490 e. The van der Waals surface area contributed by atoms with Gasteiger partial charge in [-0.25, -0.2) is 4.39 Å². The van der Waals surface area contributed by atoms with Gasteiger partial charge in [-0.05, 0) is 39.9 Å². The molecular weight excluding hydrogens is 235 g/mol. The third kappa shape index (κ3) is 1.57. The Morgan fingerprint density at radius 2 is 2.31 bits per heavy atom. The molecule has 0 bridgehead atoms. The number of benzene rings is 1. The Labute approximate surface area is 85.0 Å². The molecule has 0 saturated carbocycles. The molecule has 1 aromatic rings. The zero-order valence-electron chi connectivity index (χ0n) is 7.31. The normalized spacial score (nSPS) is 20.7. The predicted molar refractivity (Wildman–Crippen MR) is 52.5 cm³/mol. The summed E-state index contributed by atoms with van der Waals surface area (Å²) < 4.78 is 19.3. The monoisotopic (exact) mass is 244 g/mol. The number of hydrogen-bond acceptors (Lipinski definition) is 1. The Hall–Kier alpha value is -0.570. The summed E-state index contributed by atoms with van der Waals surface area (Å²) in [7, 11) is 0. The van der Waals surface area contributed by atoms with Crippen molar-refractivity contribution >= 4 is 15.9 Å². The van der Waals surface area contributed by atoms with Gasteiger partial charge in [-0.2, -0.15) is 0 Å². The van der Waals surface area contributed by atoms with Crippen LogP contribution in [0.1, 0.15) is 12.5 Å². The molecule has 1 heterocycles. The van der Waals surface area contributed by atoms with Gasteiger partial charge >= 0.3 is 0 Å². The van der Waals surface area contributed by atoms with Crippen molar-refractivity contribution in [3.8, 4) is 5.75 Å². The van der Waals surface area contributed by atoms with Crippen LogP contribution < -0.4 is 4.74 Å². The lowest BCUT2D eigenvalue weighted by atomic mass is 9.98. The molecule has 2 rings (SSSR count). The lowest BCUT2D eigenvalue weighted by Gasteiger charge is -2.22. The van der Waals surface area contributed by atoms with Crippen LogP contribution in [-0.2, 0) is 6.42 Å². The van der Waals surface area contributed by atoms with Crippen molar-refractivity contribution in [1.82, 2.24) is 0 Å². The van der Waals surface area contributed by atoms with Crippen molar-refractivity contribution in [3.05, 3.63) is 28.0 Å². The number of fused-ring (bicyclic) bond motifs is 1. The van der Waals surface area contributed by atoms with Crippen LogP contribution in [0, 0.1) is 11.7 Å². The highest BCUT2D eigenvalue weighted by Gasteiger charge is 2.20. The van der Waals surface area contributed by atoms with E-state index in [1.54, 1.807) is 6.07 Å². The Morgan fingerprint density at radius 3 is 3.08 bits per heavy atom. The molecule has 1 nitrogen and oxygen atoms in total. The number of hydrogen-bond donors (Lipinski definition) is 0. The first-order chi connectivity index (χ1) is 6.18. The van der Waals surface area contributed by atoms with E-state index in [4.69, 9.17) is 4.74 Å². The van der Waals surface area contributed by atoms with Gasteiger partial charge in [-0.3, -0.25) is 0 Å². The maximum absolute atomic E-state index is 13.4. The van der Waals surface area contributed by atoms with Crippen LogP contribution in [0.15, 0.2) is 16.6 Å². The van der Waals surface area contributed by atoms with E-state index in [0.29, 0.717) is 22.7 Å². The molecule has 0 fully saturated rings. The van der Waals surface area contributed by atoms with Gasteiger partial charge in [0.2, 0.25) is 0 Å². The second-order valence-electron chi connectivity index (χ2n) is 3.47. The maximum Gasteiger partial charge on any atom is 0.179 e. The minimum atomic E-state index is -0.274. The molecule has 1 aromatic carbocycles. The third-order valence-electron chi connectivity index (χ3n) is 2.21. The Balaban J connectivity index is 2.47. The van der Waals surface area contributed by atoms with Crippen LogP contribution >= 0.6 is 15.9 Å². The van der Waals surface area contributed by atoms with E-state index in [1.807, 2.05) is 6.07 Å². The van der Waals surface area contributed by atoms with Gasteiger partial charge in [0.15, 0.2) is 11.6 Å². The van der Waals surface area contributed by atoms with Crippen molar-refractivity contribution in [3.63, 3.8) is 0 Å². The second kappa shape index (κ2) is 3.29. The summed E-state index contributed by atoms with van der Waals surface area (Å²) in [5.41, 5.74) is 0.972. The van der Waals surface area contributed by atoms with E-state index in [2.05, 4.69) is 22.9 Å². The first-order valence-electron chi connectivity index (χ1n) is 4.28. The van der Waals surface area contributed by atoms with Gasteiger partial charge in [0.25, 0.3) is 0 Å². The van der Waals surface area contributed by atoms with Crippen LogP contribution in [0.25, 0.3) is 0 Å². The lowest BCUT2D eigenvalue weighted by molar-refractivity contribution is 0.222. The van der Waals surface area contributed by atoms with Gasteiger partial charge in [0.05, 0.1) is 11.1 Å². The highest BCUT2D eigenvalue weighted by Crippen LogP contribution is 2.33. The van der Waals surface area contributed by atoms with Crippen molar-refractivity contribution in [2.45, 2.75) is 13.3 Å². The van der Waals surface area contributed by atoms with Gasteiger partial charge in [0, 0.05) is 0 Å². The van der Waals surface area contributed by atoms with E-state index in [-0.39, 0.29) is 5.82 Å². The highest BCUT2D eigenvalue weighted by atomic mass is 79.9. The van der Waals surface area contributed by atoms with E-state index in [9.17, 15) is 4.39 Å². The Morgan fingerprint density at radius 1 is 1.54 bits per heavy atom. The number of halogens is 2. The zero-order chi connectivity index (χ0) is 9.42. The molecule has 0 N–H and O–H groups in total. The molecule has 0 aromatic heterocycles. The first kappa shape index (κ1) is 9.00. The summed E-state index contributed by atoms with van der Waals surface area (Å²) >= 11 is 3.13. The van der Waals surface area contributed by atoms with Gasteiger partial charge in [-0.1, -0.05) is 13.0 Å². The summed E-state index contributed by atoms with van der Waals surface area (Å²) in [5, 5.41) is 0. The highest BCUT2D eigenvalue weighted by molar-refractivity contribution is 9.10. The molecule has 0 saturated heterocycles. The minimum absolute atomic E-state index is 0.274. The summed E-state index contributed by atoms with van der Waals surface area (Å²) in [6, 6.07) is 3.65. The fourth-order valence-electron chi connectivity index (χ4n) is 1.55. The summed E-state index contributed by atoms with van der Waals surface area (Å²) in [6.07, 6.45) is 0.902. The van der Waals surface area contributed by atoms with Crippen LogP contribution in [0.2, 0.25) is 0 Å². The second-order valence-corrected chi connectivity index (χ2v) is 4.32. The quantitative estimate of drug-likeness (QED) is 0.682. The molecule has 0 spiro atoms. The fourth-order valence-corrected chi connectivity index (χ4v) is 1.86. The van der Waals surface area contributed by atoms with E-state index < -0.39 is 0 Å². The van der Waals surface area contributed by atoms with Crippen LogP contribution in [-0.4, -0.2) is 6.61 Å². The SMILES string of the molecule is CC1COc2c(ccc(Br)c2F)C1. The molecule has 70 valence electrons. The molecule has 0 radical (unpaired) electrons. The molecular formula is C10H10BrFO. The topological polar surface area (TPSA) is 9.23 Å². The van der Waals surface area contributed by atoms with Crippen molar-refractivity contribution in [2.24, 2.45) is 5.92 Å². The fraction of sp³-hybridized carbons (Fsp3) is 0.400. The van der Waals surface area contributed by atoms with Crippen molar-refractivity contribution in [1.29, 1.82) is 0 Å². The lowest BCUT2D eigenvalue weighted by Crippen LogP contribution is -2.18. The molecule has 0 amide bonds. The smallest absolute Gasteiger partial charge is 0.179 e.